The maximum Gasteiger partial charge on any atom is 0.258 e. The summed E-state index contributed by atoms with van der Waals surface area (Å²) in [6.07, 6.45) is 0.877. The topological polar surface area (TPSA) is 64.8 Å². The zero-order valence-electron chi connectivity index (χ0n) is 13.4. The molecule has 0 saturated heterocycles. The predicted octanol–water partition coefficient (Wildman–Crippen LogP) is 2.55. The van der Waals surface area contributed by atoms with E-state index < -0.39 is 0 Å². The third-order valence-electron chi connectivity index (χ3n) is 3.48. The van der Waals surface area contributed by atoms with E-state index in [4.69, 9.17) is 15.2 Å². The number of ether oxygens (including phenoxy) is 2. The lowest BCUT2D eigenvalue weighted by atomic mass is 10.1. The number of anilines is 1. The second-order valence-electron chi connectivity index (χ2n) is 4.91. The van der Waals surface area contributed by atoms with Crippen LogP contribution < -0.4 is 10.5 Å². The van der Waals surface area contributed by atoms with Crippen molar-refractivity contribution in [2.24, 2.45) is 0 Å². The highest BCUT2D eigenvalue weighted by atomic mass is 16.5. The maximum absolute atomic E-state index is 12.8. The molecule has 0 spiro atoms. The van der Waals surface area contributed by atoms with E-state index in [1.807, 2.05) is 13.8 Å². The van der Waals surface area contributed by atoms with Gasteiger partial charge in [0.2, 0.25) is 0 Å². The maximum atomic E-state index is 12.8. The summed E-state index contributed by atoms with van der Waals surface area (Å²) in [6.45, 7) is 7.47. The Kier molecular flexibility index (Phi) is 7.02. The Balaban J connectivity index is 3.10. The summed E-state index contributed by atoms with van der Waals surface area (Å²) in [5, 5.41) is 0. The van der Waals surface area contributed by atoms with E-state index >= 15 is 0 Å². The minimum atomic E-state index is -0.0721. The lowest BCUT2D eigenvalue weighted by Gasteiger charge is -2.29. The van der Waals surface area contributed by atoms with Crippen molar-refractivity contribution in [1.82, 2.24) is 4.90 Å². The van der Waals surface area contributed by atoms with Gasteiger partial charge in [-0.2, -0.15) is 0 Å². The SMILES string of the molecule is CCOc1c(N)cccc1C(=O)N(CCOC)C(C)CC. The molecule has 0 heterocycles. The van der Waals surface area contributed by atoms with Gasteiger partial charge in [-0.05, 0) is 32.4 Å². The van der Waals surface area contributed by atoms with Gasteiger partial charge in [0.15, 0.2) is 5.75 Å². The first-order chi connectivity index (χ1) is 10.1. The Morgan fingerprint density at radius 3 is 2.67 bits per heavy atom. The van der Waals surface area contributed by atoms with Gasteiger partial charge in [0.25, 0.3) is 5.91 Å². The first-order valence-electron chi connectivity index (χ1n) is 7.37. The van der Waals surface area contributed by atoms with Gasteiger partial charge in [-0.15, -0.1) is 0 Å². The molecule has 1 aromatic rings. The first-order valence-corrected chi connectivity index (χ1v) is 7.37. The second kappa shape index (κ2) is 8.52. The van der Waals surface area contributed by atoms with Crippen molar-refractivity contribution in [3.05, 3.63) is 23.8 Å². The van der Waals surface area contributed by atoms with Crippen molar-refractivity contribution in [2.75, 3.05) is 32.6 Å². The van der Waals surface area contributed by atoms with Gasteiger partial charge in [0, 0.05) is 19.7 Å². The molecule has 118 valence electrons. The molecule has 5 heteroatoms. The number of amides is 1. The summed E-state index contributed by atoms with van der Waals surface area (Å²) >= 11 is 0. The van der Waals surface area contributed by atoms with E-state index in [0.717, 1.165) is 6.42 Å². The second-order valence-corrected chi connectivity index (χ2v) is 4.91. The first kappa shape index (κ1) is 17.3. The molecule has 0 radical (unpaired) electrons. The summed E-state index contributed by atoms with van der Waals surface area (Å²) in [4.78, 5) is 14.6. The molecule has 1 amide bonds. The standard InChI is InChI=1S/C16H26N2O3/c1-5-12(3)18(10-11-20-4)16(19)13-8-7-9-14(17)15(13)21-6-2/h7-9,12H,5-6,10-11,17H2,1-4H3. The number of carbonyl (C=O) groups is 1. The fraction of sp³-hybridized carbons (Fsp3) is 0.562. The molecule has 1 unspecified atom stereocenters. The quantitative estimate of drug-likeness (QED) is 0.748. The number of nitrogens with zero attached hydrogens (tertiary/aromatic N) is 1. The van der Waals surface area contributed by atoms with E-state index in [9.17, 15) is 4.79 Å². The highest BCUT2D eigenvalue weighted by Crippen LogP contribution is 2.28. The van der Waals surface area contributed by atoms with Crippen LogP contribution in [-0.2, 0) is 4.74 Å². The molecule has 0 saturated carbocycles. The van der Waals surface area contributed by atoms with Crippen LogP contribution in [0.2, 0.25) is 0 Å². The molecule has 0 aromatic heterocycles. The molecule has 21 heavy (non-hydrogen) atoms. The van der Waals surface area contributed by atoms with Crippen LogP contribution in [0.3, 0.4) is 0 Å². The molecule has 0 aliphatic rings. The highest BCUT2D eigenvalue weighted by molar-refractivity contribution is 5.98. The minimum absolute atomic E-state index is 0.0721. The summed E-state index contributed by atoms with van der Waals surface area (Å²) in [7, 11) is 1.63. The zero-order chi connectivity index (χ0) is 15.8. The summed E-state index contributed by atoms with van der Waals surface area (Å²) in [5.41, 5.74) is 6.93. The average molecular weight is 294 g/mol. The lowest BCUT2D eigenvalue weighted by Crippen LogP contribution is -2.40. The van der Waals surface area contributed by atoms with Crippen molar-refractivity contribution in [1.29, 1.82) is 0 Å². The molecule has 5 nitrogen and oxygen atoms in total. The molecular formula is C16H26N2O3. The van der Waals surface area contributed by atoms with E-state index in [1.165, 1.54) is 0 Å². The van der Waals surface area contributed by atoms with Crippen LogP contribution in [0.25, 0.3) is 0 Å². The Morgan fingerprint density at radius 2 is 2.10 bits per heavy atom. The van der Waals surface area contributed by atoms with Gasteiger partial charge in [-0.25, -0.2) is 0 Å². The fourth-order valence-electron chi connectivity index (χ4n) is 2.12. The van der Waals surface area contributed by atoms with Gasteiger partial charge in [-0.1, -0.05) is 13.0 Å². The molecule has 1 rings (SSSR count). The normalized spacial score (nSPS) is 12.0. The number of para-hydroxylation sites is 1. The Labute approximate surface area is 127 Å². The highest BCUT2D eigenvalue weighted by Gasteiger charge is 2.24. The van der Waals surface area contributed by atoms with Gasteiger partial charge >= 0.3 is 0 Å². The smallest absolute Gasteiger partial charge is 0.258 e. The van der Waals surface area contributed by atoms with Crippen LogP contribution in [0.15, 0.2) is 18.2 Å². The number of hydrogen-bond donors (Lipinski definition) is 1. The summed E-state index contributed by atoms with van der Waals surface area (Å²) in [5.74, 6) is 0.396. The monoisotopic (exact) mass is 294 g/mol. The number of rotatable bonds is 8. The van der Waals surface area contributed by atoms with E-state index in [1.54, 1.807) is 30.2 Å². The predicted molar refractivity (Wildman–Crippen MR) is 84.7 cm³/mol. The van der Waals surface area contributed by atoms with Gasteiger partial charge in [0.1, 0.15) is 0 Å². The van der Waals surface area contributed by atoms with Crippen LogP contribution >= 0.6 is 0 Å². The number of carbonyl (C=O) groups excluding carboxylic acids is 1. The fourth-order valence-corrected chi connectivity index (χ4v) is 2.12. The third kappa shape index (κ3) is 4.36. The zero-order valence-corrected chi connectivity index (χ0v) is 13.4. The number of methoxy groups -OCH3 is 1. The van der Waals surface area contributed by atoms with Crippen molar-refractivity contribution in [2.45, 2.75) is 33.2 Å². The number of nitrogens with two attached hydrogens (primary N) is 1. The van der Waals surface area contributed by atoms with E-state index in [0.29, 0.717) is 36.8 Å². The lowest BCUT2D eigenvalue weighted by molar-refractivity contribution is 0.0610. The van der Waals surface area contributed by atoms with Crippen molar-refractivity contribution in [3.8, 4) is 5.75 Å². The molecule has 0 bridgehead atoms. The van der Waals surface area contributed by atoms with Crippen LogP contribution in [-0.4, -0.2) is 43.7 Å². The molecule has 0 aliphatic carbocycles. The number of nitrogen functional groups attached to an aromatic ring is 1. The van der Waals surface area contributed by atoms with Crippen LogP contribution in [0, 0.1) is 0 Å². The minimum Gasteiger partial charge on any atom is -0.491 e. The molecule has 2 N–H and O–H groups in total. The Morgan fingerprint density at radius 1 is 1.38 bits per heavy atom. The largest absolute Gasteiger partial charge is 0.491 e. The molecule has 1 aromatic carbocycles. The number of benzene rings is 1. The third-order valence-corrected chi connectivity index (χ3v) is 3.48. The summed E-state index contributed by atoms with van der Waals surface area (Å²) in [6, 6.07) is 5.40. The molecule has 0 fully saturated rings. The van der Waals surface area contributed by atoms with E-state index in [-0.39, 0.29) is 11.9 Å². The molecule has 1 atom stereocenters. The van der Waals surface area contributed by atoms with Crippen molar-refractivity contribution >= 4 is 11.6 Å². The van der Waals surface area contributed by atoms with Crippen molar-refractivity contribution < 1.29 is 14.3 Å². The summed E-state index contributed by atoms with van der Waals surface area (Å²) < 4.78 is 10.7. The van der Waals surface area contributed by atoms with Crippen LogP contribution in [0.5, 0.6) is 5.75 Å². The van der Waals surface area contributed by atoms with Gasteiger partial charge < -0.3 is 20.1 Å². The molecule has 0 aliphatic heterocycles. The van der Waals surface area contributed by atoms with Crippen LogP contribution in [0.4, 0.5) is 5.69 Å². The van der Waals surface area contributed by atoms with Gasteiger partial charge in [0.05, 0.1) is 24.5 Å². The van der Waals surface area contributed by atoms with Gasteiger partial charge in [-0.3, -0.25) is 4.79 Å². The number of hydrogen-bond acceptors (Lipinski definition) is 4. The average Bonchev–Trinajstić information content (AvgIpc) is 2.49. The van der Waals surface area contributed by atoms with Crippen LogP contribution in [0.1, 0.15) is 37.6 Å². The Hall–Kier alpha value is -1.75. The molecular weight excluding hydrogens is 268 g/mol. The van der Waals surface area contributed by atoms with E-state index in [2.05, 4.69) is 6.92 Å². The van der Waals surface area contributed by atoms with Crippen molar-refractivity contribution in [3.63, 3.8) is 0 Å². The Bertz CT molecular complexity index is 463.